The van der Waals surface area contributed by atoms with E-state index in [-0.39, 0.29) is 13.2 Å². The SMILES string of the molecule is Cc1cc(N2CCCN(CCO)CC2)ccc1CO. The lowest BCUT2D eigenvalue weighted by Crippen LogP contribution is -2.32. The molecule has 1 aliphatic heterocycles. The Morgan fingerprint density at radius 1 is 1.11 bits per heavy atom. The molecular formula is C15H24N2O2. The van der Waals surface area contributed by atoms with Crippen molar-refractivity contribution in [2.45, 2.75) is 20.0 Å². The monoisotopic (exact) mass is 264 g/mol. The molecule has 0 unspecified atom stereocenters. The number of aryl methyl sites for hydroxylation is 1. The highest BCUT2D eigenvalue weighted by Crippen LogP contribution is 2.20. The number of benzene rings is 1. The number of rotatable bonds is 4. The van der Waals surface area contributed by atoms with Crippen molar-refractivity contribution in [1.82, 2.24) is 4.90 Å². The number of hydrogen-bond donors (Lipinski definition) is 2. The number of nitrogens with zero attached hydrogens (tertiary/aromatic N) is 2. The normalized spacial score (nSPS) is 17.5. The van der Waals surface area contributed by atoms with Gasteiger partial charge in [-0.3, -0.25) is 4.90 Å². The smallest absolute Gasteiger partial charge is 0.0684 e. The molecule has 0 atom stereocenters. The Labute approximate surface area is 115 Å². The van der Waals surface area contributed by atoms with Gasteiger partial charge < -0.3 is 15.1 Å². The van der Waals surface area contributed by atoms with E-state index < -0.39 is 0 Å². The minimum atomic E-state index is 0.108. The van der Waals surface area contributed by atoms with Gasteiger partial charge in [-0.05, 0) is 43.1 Å². The Hall–Kier alpha value is -1.10. The maximum absolute atomic E-state index is 9.21. The van der Waals surface area contributed by atoms with E-state index in [0.29, 0.717) is 0 Å². The van der Waals surface area contributed by atoms with E-state index in [2.05, 4.69) is 21.9 Å². The summed E-state index contributed by atoms with van der Waals surface area (Å²) in [5.41, 5.74) is 3.39. The second kappa shape index (κ2) is 6.89. The van der Waals surface area contributed by atoms with Gasteiger partial charge in [0.2, 0.25) is 0 Å². The molecule has 0 radical (unpaired) electrons. The first-order valence-corrected chi connectivity index (χ1v) is 7.03. The summed E-state index contributed by atoms with van der Waals surface area (Å²) >= 11 is 0. The van der Waals surface area contributed by atoms with Gasteiger partial charge in [0.1, 0.15) is 0 Å². The van der Waals surface area contributed by atoms with Crippen molar-refractivity contribution in [2.75, 3.05) is 44.2 Å². The lowest BCUT2D eigenvalue weighted by atomic mass is 10.1. The molecule has 2 N–H and O–H groups in total. The first kappa shape index (κ1) is 14.3. The highest BCUT2D eigenvalue weighted by Gasteiger charge is 2.15. The van der Waals surface area contributed by atoms with E-state index in [1.54, 1.807) is 0 Å². The molecule has 0 amide bonds. The predicted molar refractivity (Wildman–Crippen MR) is 77.5 cm³/mol. The summed E-state index contributed by atoms with van der Waals surface area (Å²) in [6.07, 6.45) is 1.13. The van der Waals surface area contributed by atoms with Gasteiger partial charge in [0.25, 0.3) is 0 Å². The Morgan fingerprint density at radius 2 is 1.95 bits per heavy atom. The van der Waals surface area contributed by atoms with Crippen molar-refractivity contribution >= 4 is 5.69 Å². The quantitative estimate of drug-likeness (QED) is 0.851. The fourth-order valence-electron chi connectivity index (χ4n) is 2.65. The van der Waals surface area contributed by atoms with Gasteiger partial charge in [-0.1, -0.05) is 6.07 Å². The predicted octanol–water partition coefficient (Wildman–Crippen LogP) is 0.992. The summed E-state index contributed by atoms with van der Waals surface area (Å²) in [6.45, 7) is 7.28. The summed E-state index contributed by atoms with van der Waals surface area (Å²) in [4.78, 5) is 4.71. The molecular weight excluding hydrogens is 240 g/mol. The molecule has 0 spiro atoms. The molecule has 1 heterocycles. The summed E-state index contributed by atoms with van der Waals surface area (Å²) in [5.74, 6) is 0. The van der Waals surface area contributed by atoms with Crippen molar-refractivity contribution in [3.63, 3.8) is 0 Å². The molecule has 19 heavy (non-hydrogen) atoms. The average molecular weight is 264 g/mol. The van der Waals surface area contributed by atoms with Crippen LogP contribution in [-0.2, 0) is 6.61 Å². The van der Waals surface area contributed by atoms with E-state index in [4.69, 9.17) is 5.11 Å². The van der Waals surface area contributed by atoms with Crippen LogP contribution in [0.2, 0.25) is 0 Å². The number of hydrogen-bond acceptors (Lipinski definition) is 4. The number of anilines is 1. The van der Waals surface area contributed by atoms with Crippen molar-refractivity contribution in [2.24, 2.45) is 0 Å². The van der Waals surface area contributed by atoms with Crippen LogP contribution in [0.5, 0.6) is 0 Å². The standard InChI is InChI=1S/C15H24N2O2/c1-13-11-15(4-3-14(13)12-19)17-6-2-5-16(7-8-17)9-10-18/h3-4,11,18-19H,2,5-10,12H2,1H3. The second-order valence-electron chi connectivity index (χ2n) is 5.17. The third kappa shape index (κ3) is 3.69. The molecule has 4 nitrogen and oxygen atoms in total. The van der Waals surface area contributed by atoms with Crippen LogP contribution in [0, 0.1) is 6.92 Å². The van der Waals surface area contributed by atoms with Crippen LogP contribution in [0.1, 0.15) is 17.5 Å². The molecule has 0 aliphatic carbocycles. The van der Waals surface area contributed by atoms with Gasteiger partial charge in [-0.15, -0.1) is 0 Å². The third-order valence-electron chi connectivity index (χ3n) is 3.87. The summed E-state index contributed by atoms with van der Waals surface area (Å²) in [7, 11) is 0. The van der Waals surface area contributed by atoms with Crippen LogP contribution >= 0.6 is 0 Å². The first-order valence-electron chi connectivity index (χ1n) is 7.03. The number of aliphatic hydroxyl groups excluding tert-OH is 2. The van der Waals surface area contributed by atoms with Crippen LogP contribution < -0.4 is 4.90 Å². The molecule has 4 heteroatoms. The first-order chi connectivity index (χ1) is 9.24. The average Bonchev–Trinajstić information content (AvgIpc) is 2.65. The van der Waals surface area contributed by atoms with Gasteiger partial charge in [0.15, 0.2) is 0 Å². The zero-order chi connectivity index (χ0) is 13.7. The van der Waals surface area contributed by atoms with Crippen molar-refractivity contribution in [3.8, 4) is 0 Å². The van der Waals surface area contributed by atoms with Gasteiger partial charge in [-0.25, -0.2) is 0 Å². The van der Waals surface area contributed by atoms with E-state index in [9.17, 15) is 5.11 Å². The third-order valence-corrected chi connectivity index (χ3v) is 3.87. The molecule has 106 valence electrons. The van der Waals surface area contributed by atoms with Crippen LogP contribution in [0.4, 0.5) is 5.69 Å². The molecule has 0 aromatic heterocycles. The summed E-state index contributed by atoms with van der Waals surface area (Å²) < 4.78 is 0. The lowest BCUT2D eigenvalue weighted by molar-refractivity contribution is 0.204. The Bertz CT molecular complexity index is 409. The molecule has 1 aromatic carbocycles. The minimum absolute atomic E-state index is 0.108. The van der Waals surface area contributed by atoms with Crippen LogP contribution in [0.15, 0.2) is 18.2 Å². The second-order valence-corrected chi connectivity index (χ2v) is 5.17. The highest BCUT2D eigenvalue weighted by atomic mass is 16.3. The topological polar surface area (TPSA) is 46.9 Å². The van der Waals surface area contributed by atoms with Crippen molar-refractivity contribution < 1.29 is 10.2 Å². The summed E-state index contributed by atoms with van der Waals surface area (Å²) in [6, 6.07) is 6.27. The van der Waals surface area contributed by atoms with Crippen LogP contribution in [0.25, 0.3) is 0 Å². The van der Waals surface area contributed by atoms with Crippen LogP contribution in [0.3, 0.4) is 0 Å². The zero-order valence-corrected chi connectivity index (χ0v) is 11.7. The molecule has 1 aliphatic rings. The highest BCUT2D eigenvalue weighted by molar-refractivity contribution is 5.50. The maximum atomic E-state index is 9.21. The molecule has 1 aromatic rings. The Balaban J connectivity index is 2.03. The van der Waals surface area contributed by atoms with Gasteiger partial charge >= 0.3 is 0 Å². The number of aliphatic hydroxyl groups is 2. The minimum Gasteiger partial charge on any atom is -0.395 e. The molecule has 1 saturated heterocycles. The molecule has 2 rings (SSSR count). The van der Waals surface area contributed by atoms with E-state index >= 15 is 0 Å². The van der Waals surface area contributed by atoms with Gasteiger partial charge in [0, 0.05) is 31.9 Å². The van der Waals surface area contributed by atoms with E-state index in [1.165, 1.54) is 5.69 Å². The maximum Gasteiger partial charge on any atom is 0.0684 e. The lowest BCUT2D eigenvalue weighted by Gasteiger charge is -2.24. The fourth-order valence-corrected chi connectivity index (χ4v) is 2.65. The fraction of sp³-hybridized carbons (Fsp3) is 0.600. The van der Waals surface area contributed by atoms with Crippen LogP contribution in [-0.4, -0.2) is 54.4 Å². The van der Waals surface area contributed by atoms with Gasteiger partial charge in [0.05, 0.1) is 13.2 Å². The van der Waals surface area contributed by atoms with Crippen molar-refractivity contribution in [1.29, 1.82) is 0 Å². The van der Waals surface area contributed by atoms with E-state index in [1.807, 2.05) is 13.0 Å². The Morgan fingerprint density at radius 3 is 2.63 bits per heavy atom. The molecule has 1 fully saturated rings. The van der Waals surface area contributed by atoms with Gasteiger partial charge in [-0.2, -0.15) is 0 Å². The largest absolute Gasteiger partial charge is 0.395 e. The number of β-amino-alcohol motifs (C(OH)–C–C–N with tert-alkyl or cyclic N) is 1. The molecule has 0 bridgehead atoms. The zero-order valence-electron chi connectivity index (χ0n) is 11.7. The van der Waals surface area contributed by atoms with E-state index in [0.717, 1.165) is 50.3 Å². The summed E-state index contributed by atoms with van der Waals surface area (Å²) in [5, 5.41) is 18.2. The van der Waals surface area contributed by atoms with Crippen molar-refractivity contribution in [3.05, 3.63) is 29.3 Å². The Kier molecular flexibility index (Phi) is 5.19. The molecule has 0 saturated carbocycles.